The molecule has 2 atom stereocenters. The predicted molar refractivity (Wildman–Crippen MR) is 53.9 cm³/mol. The van der Waals surface area contributed by atoms with Gasteiger partial charge in [0.05, 0.1) is 0 Å². The molecule has 0 saturated carbocycles. The van der Waals surface area contributed by atoms with Crippen molar-refractivity contribution in [3.8, 4) is 0 Å². The van der Waals surface area contributed by atoms with Gasteiger partial charge in [0.2, 0.25) is 0 Å². The number of hydrogen-bond donors (Lipinski definition) is 3. The van der Waals surface area contributed by atoms with E-state index >= 15 is 0 Å². The quantitative estimate of drug-likeness (QED) is 0.556. The van der Waals surface area contributed by atoms with Crippen molar-refractivity contribution >= 4 is 11.9 Å². The SMILES string of the molecule is CCNC(=O)NNC(=O)[C@@H]1OCC[C@H]1C. The van der Waals surface area contributed by atoms with Crippen LogP contribution >= 0.6 is 0 Å². The van der Waals surface area contributed by atoms with Crippen molar-refractivity contribution in [2.45, 2.75) is 26.4 Å². The molecule has 0 aliphatic carbocycles. The zero-order valence-corrected chi connectivity index (χ0v) is 9.00. The second kappa shape index (κ2) is 5.55. The first-order valence-corrected chi connectivity index (χ1v) is 5.10. The van der Waals surface area contributed by atoms with Crippen LogP contribution in [0, 0.1) is 5.92 Å². The minimum atomic E-state index is -0.452. The van der Waals surface area contributed by atoms with E-state index < -0.39 is 12.1 Å². The maximum atomic E-state index is 11.5. The van der Waals surface area contributed by atoms with Crippen LogP contribution in [0.1, 0.15) is 20.3 Å². The van der Waals surface area contributed by atoms with Crippen molar-refractivity contribution in [2.75, 3.05) is 13.2 Å². The highest BCUT2D eigenvalue weighted by atomic mass is 16.5. The lowest BCUT2D eigenvalue weighted by Gasteiger charge is -2.14. The van der Waals surface area contributed by atoms with Gasteiger partial charge in [-0.2, -0.15) is 0 Å². The van der Waals surface area contributed by atoms with Crippen molar-refractivity contribution in [1.29, 1.82) is 0 Å². The highest BCUT2D eigenvalue weighted by molar-refractivity contribution is 5.84. The summed E-state index contributed by atoms with van der Waals surface area (Å²) in [7, 11) is 0. The minimum Gasteiger partial charge on any atom is -0.368 e. The fraction of sp³-hybridized carbons (Fsp3) is 0.778. The third-order valence-corrected chi connectivity index (χ3v) is 2.28. The number of urea groups is 1. The molecule has 1 saturated heterocycles. The largest absolute Gasteiger partial charge is 0.368 e. The lowest BCUT2D eigenvalue weighted by atomic mass is 10.0. The normalized spacial score (nSPS) is 24.7. The maximum absolute atomic E-state index is 11.5. The van der Waals surface area contributed by atoms with E-state index in [1.807, 2.05) is 6.92 Å². The first-order valence-electron chi connectivity index (χ1n) is 5.10. The van der Waals surface area contributed by atoms with Crippen LogP contribution in [0.15, 0.2) is 0 Å². The summed E-state index contributed by atoms with van der Waals surface area (Å²) < 4.78 is 5.24. The first-order chi connectivity index (χ1) is 7.15. The van der Waals surface area contributed by atoms with Gasteiger partial charge in [-0.1, -0.05) is 6.92 Å². The molecule has 0 spiro atoms. The van der Waals surface area contributed by atoms with Gasteiger partial charge in [-0.25, -0.2) is 10.2 Å². The number of hydrogen-bond acceptors (Lipinski definition) is 3. The van der Waals surface area contributed by atoms with Gasteiger partial charge in [0.25, 0.3) is 5.91 Å². The summed E-state index contributed by atoms with van der Waals surface area (Å²) in [5.41, 5.74) is 4.56. The summed E-state index contributed by atoms with van der Waals surface area (Å²) in [5, 5.41) is 2.50. The lowest BCUT2D eigenvalue weighted by Crippen LogP contribution is -2.50. The number of ether oxygens (including phenoxy) is 1. The molecule has 15 heavy (non-hydrogen) atoms. The zero-order chi connectivity index (χ0) is 11.3. The molecule has 1 rings (SSSR count). The Kier molecular flexibility index (Phi) is 4.36. The average molecular weight is 215 g/mol. The molecule has 6 heteroatoms. The highest BCUT2D eigenvalue weighted by Gasteiger charge is 2.30. The van der Waals surface area contributed by atoms with Crippen LogP contribution < -0.4 is 16.2 Å². The van der Waals surface area contributed by atoms with E-state index in [4.69, 9.17) is 4.74 Å². The van der Waals surface area contributed by atoms with Gasteiger partial charge in [0.1, 0.15) is 6.10 Å². The van der Waals surface area contributed by atoms with Gasteiger partial charge >= 0.3 is 6.03 Å². The molecule has 0 unspecified atom stereocenters. The van der Waals surface area contributed by atoms with Gasteiger partial charge in [-0.05, 0) is 19.3 Å². The molecule has 0 bridgehead atoms. The monoisotopic (exact) mass is 215 g/mol. The van der Waals surface area contributed by atoms with Crippen molar-refractivity contribution in [1.82, 2.24) is 16.2 Å². The smallest absolute Gasteiger partial charge is 0.333 e. The maximum Gasteiger partial charge on any atom is 0.333 e. The number of carbonyl (C=O) groups excluding carboxylic acids is 2. The minimum absolute atomic E-state index is 0.195. The lowest BCUT2D eigenvalue weighted by molar-refractivity contribution is -0.132. The van der Waals surface area contributed by atoms with Crippen molar-refractivity contribution < 1.29 is 14.3 Å². The number of carbonyl (C=O) groups is 2. The van der Waals surface area contributed by atoms with Crippen LogP contribution in [0.3, 0.4) is 0 Å². The summed E-state index contributed by atoms with van der Waals surface area (Å²) in [6.07, 6.45) is 0.422. The van der Waals surface area contributed by atoms with Crippen LogP contribution in [0.2, 0.25) is 0 Å². The van der Waals surface area contributed by atoms with E-state index in [0.717, 1.165) is 6.42 Å². The molecule has 1 aliphatic heterocycles. The van der Waals surface area contributed by atoms with Crippen LogP contribution in [-0.2, 0) is 9.53 Å². The molecule has 1 fully saturated rings. The third kappa shape index (κ3) is 3.39. The molecular weight excluding hydrogens is 198 g/mol. The van der Waals surface area contributed by atoms with Crippen LogP contribution in [-0.4, -0.2) is 31.2 Å². The molecule has 86 valence electrons. The molecule has 0 aromatic rings. The molecule has 6 nitrogen and oxygen atoms in total. The summed E-state index contributed by atoms with van der Waals surface area (Å²) in [4.78, 5) is 22.5. The second-order valence-electron chi connectivity index (χ2n) is 3.53. The third-order valence-electron chi connectivity index (χ3n) is 2.28. The van der Waals surface area contributed by atoms with E-state index in [1.165, 1.54) is 0 Å². The number of hydrazine groups is 1. The molecule has 0 aromatic carbocycles. The van der Waals surface area contributed by atoms with Crippen LogP contribution in [0.4, 0.5) is 4.79 Å². The second-order valence-corrected chi connectivity index (χ2v) is 3.53. The van der Waals surface area contributed by atoms with E-state index in [9.17, 15) is 9.59 Å². The highest BCUT2D eigenvalue weighted by Crippen LogP contribution is 2.19. The van der Waals surface area contributed by atoms with Crippen LogP contribution in [0.25, 0.3) is 0 Å². The Morgan fingerprint density at radius 1 is 1.40 bits per heavy atom. The number of nitrogens with one attached hydrogen (secondary N) is 3. The fourth-order valence-electron chi connectivity index (χ4n) is 1.42. The predicted octanol–water partition coefficient (Wildman–Crippen LogP) is -0.238. The molecular formula is C9H17N3O3. The summed E-state index contributed by atoms with van der Waals surface area (Å²) in [6.45, 7) is 4.85. The Labute approximate surface area is 88.7 Å². The Balaban J connectivity index is 2.26. The average Bonchev–Trinajstić information content (AvgIpc) is 2.61. The van der Waals surface area contributed by atoms with E-state index in [0.29, 0.717) is 13.2 Å². The van der Waals surface area contributed by atoms with E-state index in [1.54, 1.807) is 6.92 Å². The summed E-state index contributed by atoms with van der Waals surface area (Å²) in [6, 6.07) is -0.420. The Morgan fingerprint density at radius 3 is 2.67 bits per heavy atom. The first kappa shape index (κ1) is 11.8. The van der Waals surface area contributed by atoms with Crippen molar-refractivity contribution in [3.63, 3.8) is 0 Å². The molecule has 3 amide bonds. The summed E-state index contributed by atoms with van der Waals surface area (Å²) in [5.74, 6) is -0.104. The molecule has 1 heterocycles. The number of amides is 3. The topological polar surface area (TPSA) is 79.5 Å². The van der Waals surface area contributed by atoms with Gasteiger partial charge in [-0.15, -0.1) is 0 Å². The molecule has 1 aliphatic rings. The van der Waals surface area contributed by atoms with Crippen LogP contribution in [0.5, 0.6) is 0 Å². The Bertz CT molecular complexity index is 245. The van der Waals surface area contributed by atoms with Gasteiger partial charge < -0.3 is 10.1 Å². The molecule has 0 radical (unpaired) electrons. The van der Waals surface area contributed by atoms with E-state index in [-0.39, 0.29) is 11.8 Å². The Morgan fingerprint density at radius 2 is 2.13 bits per heavy atom. The van der Waals surface area contributed by atoms with Gasteiger partial charge in [-0.3, -0.25) is 10.2 Å². The summed E-state index contributed by atoms with van der Waals surface area (Å²) >= 11 is 0. The van der Waals surface area contributed by atoms with E-state index in [2.05, 4.69) is 16.2 Å². The standard InChI is InChI=1S/C9H17N3O3/c1-3-10-9(14)12-11-8(13)7-6(2)4-5-15-7/h6-7H,3-5H2,1-2H3,(H,11,13)(H2,10,12,14)/t6-,7-/m1/s1. The van der Waals surface area contributed by atoms with Crippen molar-refractivity contribution in [2.24, 2.45) is 5.92 Å². The fourth-order valence-corrected chi connectivity index (χ4v) is 1.42. The molecule has 0 aromatic heterocycles. The van der Waals surface area contributed by atoms with Crippen molar-refractivity contribution in [3.05, 3.63) is 0 Å². The molecule has 3 N–H and O–H groups in total. The van der Waals surface area contributed by atoms with Gasteiger partial charge in [0.15, 0.2) is 0 Å². The Hall–Kier alpha value is -1.30. The van der Waals surface area contributed by atoms with Gasteiger partial charge in [0, 0.05) is 13.2 Å². The zero-order valence-electron chi connectivity index (χ0n) is 9.00. The number of rotatable bonds is 2.